The van der Waals surface area contributed by atoms with Crippen LogP contribution >= 0.6 is 11.8 Å². The molecule has 0 unspecified atom stereocenters. The third-order valence-corrected chi connectivity index (χ3v) is 5.44. The summed E-state index contributed by atoms with van der Waals surface area (Å²) in [5.74, 6) is -0.955. The number of benzene rings is 2. The third kappa shape index (κ3) is 6.31. The van der Waals surface area contributed by atoms with Gasteiger partial charge in [-0.2, -0.15) is 0 Å². The second-order valence-corrected chi connectivity index (χ2v) is 7.79. The van der Waals surface area contributed by atoms with Gasteiger partial charge >= 0.3 is 5.97 Å². The monoisotopic (exact) mass is 466 g/mol. The van der Waals surface area contributed by atoms with E-state index in [1.165, 1.54) is 6.07 Å². The molecule has 9 nitrogen and oxygen atoms in total. The molecule has 1 aliphatic rings. The highest BCUT2D eigenvalue weighted by Gasteiger charge is 2.35. The number of azide groups is 1. The number of hydrogen-bond acceptors (Lipinski definition) is 8. The molecule has 2 N–H and O–H groups in total. The SMILES string of the molecule is CCOC(=O)C1=C(Nc2ccccc2)S/C(=C\c2ccc(OCCCN=[N+]=[N-])c(O)c2)C1=O. The molecule has 0 amide bonds. The maximum absolute atomic E-state index is 13.0. The van der Waals surface area contributed by atoms with Crippen LogP contribution in [-0.2, 0) is 14.3 Å². The molecule has 1 heterocycles. The molecule has 0 aliphatic carbocycles. The van der Waals surface area contributed by atoms with Crippen molar-refractivity contribution in [1.29, 1.82) is 0 Å². The number of thioether (sulfide) groups is 1. The largest absolute Gasteiger partial charge is 0.504 e. The van der Waals surface area contributed by atoms with Crippen LogP contribution in [0.4, 0.5) is 5.69 Å². The van der Waals surface area contributed by atoms with Gasteiger partial charge in [0.05, 0.1) is 23.1 Å². The van der Waals surface area contributed by atoms with E-state index in [0.29, 0.717) is 28.5 Å². The fourth-order valence-corrected chi connectivity index (χ4v) is 3.97. The van der Waals surface area contributed by atoms with E-state index >= 15 is 0 Å². The molecule has 0 saturated carbocycles. The lowest BCUT2D eigenvalue weighted by molar-refractivity contribution is -0.139. The second-order valence-electron chi connectivity index (χ2n) is 6.74. The summed E-state index contributed by atoms with van der Waals surface area (Å²) in [5, 5.41) is 17.2. The van der Waals surface area contributed by atoms with Crippen molar-refractivity contribution in [2.75, 3.05) is 25.1 Å². The van der Waals surface area contributed by atoms with Gasteiger partial charge in [0, 0.05) is 17.1 Å². The minimum Gasteiger partial charge on any atom is -0.504 e. The van der Waals surface area contributed by atoms with Gasteiger partial charge in [-0.3, -0.25) is 4.79 Å². The summed E-state index contributed by atoms with van der Waals surface area (Å²) in [5.41, 5.74) is 9.51. The van der Waals surface area contributed by atoms with E-state index in [4.69, 9.17) is 15.0 Å². The predicted molar refractivity (Wildman–Crippen MR) is 127 cm³/mol. The Morgan fingerprint density at radius 2 is 2.06 bits per heavy atom. The number of phenolic OH excluding ortho intramolecular Hbond substituents is 1. The summed E-state index contributed by atoms with van der Waals surface area (Å²) in [6, 6.07) is 13.9. The lowest BCUT2D eigenvalue weighted by atomic mass is 10.1. The van der Waals surface area contributed by atoms with Crippen LogP contribution in [0.25, 0.3) is 16.5 Å². The van der Waals surface area contributed by atoms with Crippen molar-refractivity contribution in [2.24, 2.45) is 5.11 Å². The van der Waals surface area contributed by atoms with E-state index in [1.807, 2.05) is 30.3 Å². The Bertz CT molecular complexity index is 1140. The molecule has 2 aromatic rings. The highest BCUT2D eigenvalue weighted by molar-refractivity contribution is 8.08. The summed E-state index contributed by atoms with van der Waals surface area (Å²) >= 11 is 1.13. The molecule has 0 fully saturated rings. The van der Waals surface area contributed by atoms with Crippen LogP contribution in [0.5, 0.6) is 11.5 Å². The molecule has 0 spiro atoms. The molecule has 0 atom stereocenters. The molecule has 2 aromatic carbocycles. The Labute approximate surface area is 194 Å². The Morgan fingerprint density at radius 3 is 2.76 bits per heavy atom. The van der Waals surface area contributed by atoms with Crippen molar-refractivity contribution >= 4 is 35.3 Å². The molecular weight excluding hydrogens is 444 g/mol. The number of para-hydroxylation sites is 1. The van der Waals surface area contributed by atoms with E-state index in [0.717, 1.165) is 17.4 Å². The summed E-state index contributed by atoms with van der Waals surface area (Å²) in [4.78, 5) is 28.4. The normalized spacial score (nSPS) is 14.2. The molecule has 3 rings (SSSR count). The summed E-state index contributed by atoms with van der Waals surface area (Å²) in [6.45, 7) is 2.41. The number of nitrogens with one attached hydrogen (secondary N) is 1. The number of esters is 1. The predicted octanol–water partition coefficient (Wildman–Crippen LogP) is 5.02. The quantitative estimate of drug-likeness (QED) is 0.0955. The van der Waals surface area contributed by atoms with Gasteiger partial charge in [-0.1, -0.05) is 41.1 Å². The average molecular weight is 467 g/mol. The highest BCUT2D eigenvalue weighted by atomic mass is 32.2. The topological polar surface area (TPSA) is 134 Å². The lowest BCUT2D eigenvalue weighted by Crippen LogP contribution is -2.16. The number of hydrogen-bond donors (Lipinski definition) is 2. The first-order valence-corrected chi connectivity index (χ1v) is 11.0. The first-order valence-electron chi connectivity index (χ1n) is 10.2. The fourth-order valence-electron chi connectivity index (χ4n) is 2.92. The minimum absolute atomic E-state index is 0.0545. The lowest BCUT2D eigenvalue weighted by Gasteiger charge is -2.08. The van der Waals surface area contributed by atoms with E-state index in [1.54, 1.807) is 25.1 Å². The standard InChI is InChI=1S/C23H22N4O5S/c1-2-31-23(30)20-21(29)19(33-22(20)26-16-7-4-3-5-8-16)14-15-9-10-18(17(28)13-15)32-12-6-11-25-27-24/h3-5,7-10,13-14,26,28H,2,6,11-12H2,1H3/b19-14-. The number of aromatic hydroxyl groups is 1. The van der Waals surface area contributed by atoms with Crippen molar-refractivity contribution in [2.45, 2.75) is 13.3 Å². The Morgan fingerprint density at radius 1 is 1.27 bits per heavy atom. The summed E-state index contributed by atoms with van der Waals surface area (Å²) in [7, 11) is 0. The van der Waals surface area contributed by atoms with Crippen molar-refractivity contribution in [1.82, 2.24) is 0 Å². The van der Waals surface area contributed by atoms with Crippen molar-refractivity contribution < 1.29 is 24.2 Å². The van der Waals surface area contributed by atoms with Crippen LogP contribution < -0.4 is 10.1 Å². The van der Waals surface area contributed by atoms with E-state index in [9.17, 15) is 14.7 Å². The van der Waals surface area contributed by atoms with Crippen LogP contribution in [0, 0.1) is 0 Å². The van der Waals surface area contributed by atoms with Crippen LogP contribution in [-0.4, -0.2) is 36.6 Å². The van der Waals surface area contributed by atoms with Gasteiger partial charge in [-0.05, 0) is 54.8 Å². The summed E-state index contributed by atoms with van der Waals surface area (Å²) in [6.07, 6.45) is 2.11. The number of allylic oxidation sites excluding steroid dienone is 1. The number of Topliss-reactive ketones (excluding diaryl/α,β-unsaturated/α-hetero) is 1. The minimum atomic E-state index is -0.691. The molecule has 33 heavy (non-hydrogen) atoms. The molecule has 0 bridgehead atoms. The van der Waals surface area contributed by atoms with Gasteiger partial charge in [0.2, 0.25) is 5.78 Å². The Balaban J connectivity index is 1.78. The van der Waals surface area contributed by atoms with Crippen molar-refractivity contribution in [3.8, 4) is 11.5 Å². The van der Waals surface area contributed by atoms with Gasteiger partial charge in [0.1, 0.15) is 5.57 Å². The Kier molecular flexibility index (Phi) is 8.40. The zero-order valence-electron chi connectivity index (χ0n) is 17.9. The van der Waals surface area contributed by atoms with Crippen molar-refractivity contribution in [3.63, 3.8) is 0 Å². The maximum Gasteiger partial charge on any atom is 0.344 e. The average Bonchev–Trinajstić information content (AvgIpc) is 3.10. The van der Waals surface area contributed by atoms with E-state index in [-0.39, 0.29) is 30.3 Å². The number of phenols is 1. The van der Waals surface area contributed by atoms with Crippen LogP contribution in [0.2, 0.25) is 0 Å². The van der Waals surface area contributed by atoms with Gasteiger partial charge in [0.15, 0.2) is 11.5 Å². The van der Waals surface area contributed by atoms with Crippen LogP contribution in [0.3, 0.4) is 0 Å². The summed E-state index contributed by atoms with van der Waals surface area (Å²) < 4.78 is 10.6. The van der Waals surface area contributed by atoms with Gasteiger partial charge in [-0.25, -0.2) is 4.79 Å². The zero-order chi connectivity index (χ0) is 23.6. The van der Waals surface area contributed by atoms with Crippen LogP contribution in [0.1, 0.15) is 18.9 Å². The van der Waals surface area contributed by atoms with E-state index in [2.05, 4.69) is 15.3 Å². The molecule has 0 saturated heterocycles. The van der Waals surface area contributed by atoms with Crippen LogP contribution in [0.15, 0.2) is 69.2 Å². The molecule has 1 aliphatic heterocycles. The maximum atomic E-state index is 13.0. The molecular formula is C23H22N4O5S. The first-order chi connectivity index (χ1) is 16.0. The number of carbonyl (C=O) groups excluding carboxylic acids is 2. The zero-order valence-corrected chi connectivity index (χ0v) is 18.7. The van der Waals surface area contributed by atoms with Crippen molar-refractivity contribution in [3.05, 3.63) is 80.0 Å². The molecule has 170 valence electrons. The number of rotatable bonds is 10. The van der Waals surface area contributed by atoms with Gasteiger partial charge in [0.25, 0.3) is 0 Å². The Hall–Kier alpha value is -3.88. The second kappa shape index (κ2) is 11.7. The highest BCUT2D eigenvalue weighted by Crippen LogP contribution is 2.41. The van der Waals surface area contributed by atoms with Gasteiger partial charge < -0.3 is 19.9 Å². The molecule has 0 aromatic heterocycles. The third-order valence-electron chi connectivity index (χ3n) is 4.41. The van der Waals surface area contributed by atoms with E-state index < -0.39 is 11.8 Å². The smallest absolute Gasteiger partial charge is 0.344 e. The number of ketones is 1. The number of ether oxygens (including phenoxy) is 2. The first kappa shape index (κ1) is 23.8. The fraction of sp³-hybridized carbons (Fsp3) is 0.217. The number of anilines is 1. The molecule has 10 heteroatoms. The van der Waals surface area contributed by atoms with Gasteiger partial charge in [-0.15, -0.1) is 0 Å². The molecule has 0 radical (unpaired) electrons. The number of nitrogens with zero attached hydrogens (tertiary/aromatic N) is 3. The number of carbonyl (C=O) groups is 2.